The molecule has 0 aliphatic rings. The van der Waals surface area contributed by atoms with E-state index in [1.165, 1.54) is 6.33 Å². The van der Waals surface area contributed by atoms with Crippen molar-refractivity contribution in [2.45, 2.75) is 18.7 Å². The molecule has 0 aliphatic carbocycles. The molecule has 0 aliphatic heterocycles. The predicted molar refractivity (Wildman–Crippen MR) is 74.9 cm³/mol. The average molecular weight is 303 g/mol. The fraction of sp³-hybridized carbons (Fsp3) is 0.333. The van der Waals surface area contributed by atoms with Crippen LogP contribution in [0.3, 0.4) is 0 Å². The van der Waals surface area contributed by atoms with Gasteiger partial charge in [-0.1, -0.05) is 11.6 Å². The fourth-order valence-corrected chi connectivity index (χ4v) is 3.32. The molecule has 18 heavy (non-hydrogen) atoms. The topological polar surface area (TPSA) is 35.0 Å². The van der Waals surface area contributed by atoms with E-state index in [-0.39, 0.29) is 5.38 Å². The highest BCUT2D eigenvalue weighted by molar-refractivity contribution is 7.11. The SMILES string of the molecule is COc1cc(CC(Cl)c2scc(C)c2Cl)ncn1. The molecule has 2 aromatic rings. The van der Waals surface area contributed by atoms with Gasteiger partial charge in [-0.05, 0) is 17.9 Å². The fourth-order valence-electron chi connectivity index (χ4n) is 1.54. The van der Waals surface area contributed by atoms with Gasteiger partial charge in [0.05, 0.1) is 17.5 Å². The van der Waals surface area contributed by atoms with Gasteiger partial charge in [0.1, 0.15) is 6.33 Å². The number of methoxy groups -OCH3 is 1. The molecule has 0 radical (unpaired) electrons. The summed E-state index contributed by atoms with van der Waals surface area (Å²) in [4.78, 5) is 9.12. The molecule has 0 saturated carbocycles. The molecule has 96 valence electrons. The molecule has 3 nitrogen and oxygen atoms in total. The Morgan fingerprint density at radius 3 is 2.83 bits per heavy atom. The first-order chi connectivity index (χ1) is 8.61. The number of aromatic nitrogens is 2. The van der Waals surface area contributed by atoms with Crippen molar-refractivity contribution in [3.8, 4) is 5.88 Å². The lowest BCUT2D eigenvalue weighted by molar-refractivity contribution is 0.396. The number of hydrogen-bond acceptors (Lipinski definition) is 4. The van der Waals surface area contributed by atoms with Crippen LogP contribution in [-0.2, 0) is 6.42 Å². The molecule has 1 atom stereocenters. The van der Waals surface area contributed by atoms with Crippen molar-refractivity contribution < 1.29 is 4.74 Å². The molecule has 2 rings (SSSR count). The van der Waals surface area contributed by atoms with Gasteiger partial charge in [0.15, 0.2) is 0 Å². The van der Waals surface area contributed by atoms with Crippen LogP contribution in [-0.4, -0.2) is 17.1 Å². The minimum Gasteiger partial charge on any atom is -0.481 e. The van der Waals surface area contributed by atoms with Gasteiger partial charge in [0.25, 0.3) is 0 Å². The number of rotatable bonds is 4. The summed E-state index contributed by atoms with van der Waals surface area (Å²) < 4.78 is 5.05. The second-order valence-electron chi connectivity index (χ2n) is 3.82. The van der Waals surface area contributed by atoms with Crippen LogP contribution in [0.5, 0.6) is 5.88 Å². The Bertz CT molecular complexity index is 545. The molecule has 1 unspecified atom stereocenters. The maximum Gasteiger partial charge on any atom is 0.216 e. The molecule has 0 saturated heterocycles. The highest BCUT2D eigenvalue weighted by Crippen LogP contribution is 2.37. The first-order valence-corrected chi connectivity index (χ1v) is 7.03. The van der Waals surface area contributed by atoms with E-state index in [1.54, 1.807) is 24.5 Å². The minimum atomic E-state index is -0.184. The third kappa shape index (κ3) is 2.94. The van der Waals surface area contributed by atoms with Crippen molar-refractivity contribution in [3.05, 3.63) is 38.9 Å². The number of hydrogen-bond donors (Lipinski definition) is 0. The van der Waals surface area contributed by atoms with Crippen molar-refractivity contribution in [3.63, 3.8) is 0 Å². The van der Waals surface area contributed by atoms with Gasteiger partial charge >= 0.3 is 0 Å². The zero-order chi connectivity index (χ0) is 13.1. The third-order valence-electron chi connectivity index (χ3n) is 2.51. The lowest BCUT2D eigenvalue weighted by Gasteiger charge is -2.08. The van der Waals surface area contributed by atoms with Crippen LogP contribution in [0.4, 0.5) is 0 Å². The molecule has 2 heterocycles. The van der Waals surface area contributed by atoms with Crippen LogP contribution in [0, 0.1) is 6.92 Å². The van der Waals surface area contributed by atoms with Crippen LogP contribution in [0.15, 0.2) is 17.8 Å². The lowest BCUT2D eigenvalue weighted by Crippen LogP contribution is -1.99. The van der Waals surface area contributed by atoms with E-state index < -0.39 is 0 Å². The second-order valence-corrected chi connectivity index (χ2v) is 5.64. The predicted octanol–water partition coefficient (Wildman–Crippen LogP) is 4.03. The van der Waals surface area contributed by atoms with E-state index in [4.69, 9.17) is 27.9 Å². The summed E-state index contributed by atoms with van der Waals surface area (Å²) in [5.74, 6) is 0.539. The maximum atomic E-state index is 6.38. The normalized spacial score (nSPS) is 12.4. The maximum absolute atomic E-state index is 6.38. The molecule has 2 aromatic heterocycles. The van der Waals surface area contributed by atoms with Gasteiger partial charge < -0.3 is 4.74 Å². The quantitative estimate of drug-likeness (QED) is 0.800. The summed E-state index contributed by atoms with van der Waals surface area (Å²) in [6.45, 7) is 1.97. The average Bonchev–Trinajstić information content (AvgIpc) is 2.70. The Morgan fingerprint density at radius 1 is 1.44 bits per heavy atom. The molecule has 0 amide bonds. The lowest BCUT2D eigenvalue weighted by atomic mass is 10.2. The first-order valence-electron chi connectivity index (χ1n) is 5.34. The summed E-state index contributed by atoms with van der Waals surface area (Å²) in [5.41, 5.74) is 1.89. The molecule has 0 fully saturated rings. The van der Waals surface area contributed by atoms with E-state index >= 15 is 0 Å². The summed E-state index contributed by atoms with van der Waals surface area (Å²) >= 11 is 14.2. The Balaban J connectivity index is 2.15. The Labute approximate surface area is 120 Å². The monoisotopic (exact) mass is 302 g/mol. The van der Waals surface area contributed by atoms with E-state index in [0.29, 0.717) is 12.3 Å². The Morgan fingerprint density at radius 2 is 2.22 bits per heavy atom. The standard InChI is InChI=1S/C12H12Cl2N2OS/c1-7-5-18-12(11(7)14)9(13)3-8-4-10(17-2)16-6-15-8/h4-6,9H,3H2,1-2H3. The van der Waals surface area contributed by atoms with Crippen molar-refractivity contribution >= 4 is 34.5 Å². The van der Waals surface area contributed by atoms with Crippen molar-refractivity contribution in [2.24, 2.45) is 0 Å². The Kier molecular flexibility index (Phi) is 4.43. The smallest absolute Gasteiger partial charge is 0.216 e. The van der Waals surface area contributed by atoms with Gasteiger partial charge in [0.2, 0.25) is 5.88 Å². The number of halogens is 2. The number of nitrogens with zero attached hydrogens (tertiary/aromatic N) is 2. The molecular weight excluding hydrogens is 291 g/mol. The largest absolute Gasteiger partial charge is 0.481 e. The zero-order valence-electron chi connectivity index (χ0n) is 9.98. The van der Waals surface area contributed by atoms with Crippen LogP contribution in [0.1, 0.15) is 21.5 Å². The van der Waals surface area contributed by atoms with E-state index in [2.05, 4.69) is 9.97 Å². The van der Waals surface area contributed by atoms with Crippen molar-refractivity contribution in [1.82, 2.24) is 9.97 Å². The highest BCUT2D eigenvalue weighted by Gasteiger charge is 2.17. The second kappa shape index (κ2) is 5.87. The number of thiophene rings is 1. The molecule has 0 bridgehead atoms. The van der Waals surface area contributed by atoms with Crippen LogP contribution < -0.4 is 4.74 Å². The molecular formula is C12H12Cl2N2OS. The van der Waals surface area contributed by atoms with E-state index in [1.807, 2.05) is 12.3 Å². The highest BCUT2D eigenvalue weighted by atomic mass is 35.5. The summed E-state index contributed by atoms with van der Waals surface area (Å²) in [5, 5.41) is 2.57. The molecule has 0 spiro atoms. The summed E-state index contributed by atoms with van der Waals surface area (Å²) in [7, 11) is 1.57. The molecule has 0 aromatic carbocycles. The van der Waals surface area contributed by atoms with Crippen molar-refractivity contribution in [2.75, 3.05) is 7.11 Å². The van der Waals surface area contributed by atoms with Crippen LogP contribution in [0.25, 0.3) is 0 Å². The molecule has 0 N–H and O–H groups in total. The van der Waals surface area contributed by atoms with Crippen molar-refractivity contribution in [1.29, 1.82) is 0 Å². The van der Waals surface area contributed by atoms with Gasteiger partial charge in [-0.2, -0.15) is 0 Å². The van der Waals surface area contributed by atoms with E-state index in [0.717, 1.165) is 21.2 Å². The van der Waals surface area contributed by atoms with Gasteiger partial charge in [-0.15, -0.1) is 22.9 Å². The van der Waals surface area contributed by atoms with E-state index in [9.17, 15) is 0 Å². The zero-order valence-corrected chi connectivity index (χ0v) is 12.3. The van der Waals surface area contributed by atoms with Crippen LogP contribution in [0.2, 0.25) is 5.02 Å². The van der Waals surface area contributed by atoms with Crippen LogP contribution >= 0.6 is 34.5 Å². The van der Waals surface area contributed by atoms with Gasteiger partial charge in [-0.3, -0.25) is 0 Å². The minimum absolute atomic E-state index is 0.184. The van der Waals surface area contributed by atoms with Gasteiger partial charge in [-0.25, -0.2) is 9.97 Å². The molecule has 6 heteroatoms. The van der Waals surface area contributed by atoms with Gasteiger partial charge in [0, 0.05) is 23.1 Å². The summed E-state index contributed by atoms with van der Waals surface area (Å²) in [6.07, 6.45) is 2.07. The number of ether oxygens (including phenoxy) is 1. The number of alkyl halides is 1. The Hall–Kier alpha value is -0.840. The summed E-state index contributed by atoms with van der Waals surface area (Å²) in [6, 6.07) is 1.78. The first kappa shape index (κ1) is 13.6. The number of aryl methyl sites for hydroxylation is 1. The third-order valence-corrected chi connectivity index (χ3v) is 4.84.